The number of carbonyl (C=O) groups is 2. The zero-order valence-corrected chi connectivity index (χ0v) is 12.8. The van der Waals surface area contributed by atoms with E-state index in [1.165, 1.54) is 0 Å². The van der Waals surface area contributed by atoms with Crippen molar-refractivity contribution in [2.75, 3.05) is 6.54 Å². The van der Waals surface area contributed by atoms with Crippen molar-refractivity contribution in [2.45, 2.75) is 24.7 Å². The Morgan fingerprint density at radius 2 is 2.14 bits per heavy atom. The van der Waals surface area contributed by atoms with E-state index in [0.29, 0.717) is 6.42 Å². The van der Waals surface area contributed by atoms with Gasteiger partial charge in [-0.25, -0.2) is 4.79 Å². The number of nitrogens with two attached hydrogens (primary N) is 2. The molecule has 1 heterocycles. The van der Waals surface area contributed by atoms with Gasteiger partial charge in [0.1, 0.15) is 6.61 Å². The van der Waals surface area contributed by atoms with Gasteiger partial charge in [0.2, 0.25) is 0 Å². The Bertz CT molecular complexity index is 570. The molecule has 0 radical (unpaired) electrons. The first kappa shape index (κ1) is 16.4. The van der Waals surface area contributed by atoms with Gasteiger partial charge >= 0.3 is 20.6 Å². The molecule has 1 aromatic rings. The molecule has 1 fully saturated rings. The van der Waals surface area contributed by atoms with Crippen LogP contribution in [-0.2, 0) is 20.7 Å². The number of nitrogens with one attached hydrogen (secondary N) is 1. The Hall–Kier alpha value is -2.02. The van der Waals surface area contributed by atoms with Crippen molar-refractivity contribution in [3.05, 3.63) is 35.9 Å². The largest absolute Gasteiger partial charge is 0.451 e. The minimum Gasteiger partial charge on any atom is -0.445 e. The van der Waals surface area contributed by atoms with Crippen LogP contribution in [0.4, 0.5) is 4.79 Å². The van der Waals surface area contributed by atoms with Crippen molar-refractivity contribution in [1.29, 1.82) is 0 Å². The van der Waals surface area contributed by atoms with Gasteiger partial charge in [-0.15, -0.1) is 4.67 Å². The number of benzene rings is 1. The Morgan fingerprint density at radius 1 is 1.45 bits per heavy atom. The maximum Gasteiger partial charge on any atom is 0.451 e. The van der Waals surface area contributed by atoms with Crippen LogP contribution in [-0.4, -0.2) is 34.9 Å². The summed E-state index contributed by atoms with van der Waals surface area (Å²) < 4.78 is 17.1. The van der Waals surface area contributed by atoms with Gasteiger partial charge < -0.3 is 10.5 Å². The zero-order chi connectivity index (χ0) is 16.2. The first-order valence-corrected chi connectivity index (χ1v) is 7.56. The molecule has 0 saturated carbocycles. The summed E-state index contributed by atoms with van der Waals surface area (Å²) in [5, 5.41) is 2.30. The molecule has 1 aromatic carbocycles. The van der Waals surface area contributed by atoms with Crippen LogP contribution in [0.15, 0.2) is 30.3 Å². The lowest BCUT2D eigenvalue weighted by molar-refractivity contribution is -0.136. The van der Waals surface area contributed by atoms with Crippen LogP contribution >= 0.6 is 8.61 Å². The summed E-state index contributed by atoms with van der Waals surface area (Å²) in [6.07, 6.45) is -0.526. The lowest BCUT2D eigenvalue weighted by Crippen LogP contribution is -2.75. The van der Waals surface area contributed by atoms with E-state index in [2.05, 4.69) is 5.32 Å². The lowest BCUT2D eigenvalue weighted by atomic mass is 9.94. The van der Waals surface area contributed by atoms with Crippen molar-refractivity contribution in [1.82, 2.24) is 9.99 Å². The summed E-state index contributed by atoms with van der Waals surface area (Å²) in [5.74, 6) is -0.684. The van der Waals surface area contributed by atoms with E-state index in [1.807, 2.05) is 18.2 Å². The van der Waals surface area contributed by atoms with E-state index >= 15 is 0 Å². The molecular formula is C13H18N4O4P+. The van der Waals surface area contributed by atoms with Gasteiger partial charge in [-0.3, -0.25) is 15.8 Å². The second-order valence-electron chi connectivity index (χ2n) is 5.00. The number of piperidine rings is 1. The topological polar surface area (TPSA) is 128 Å². The maximum absolute atomic E-state index is 12.2. The van der Waals surface area contributed by atoms with Gasteiger partial charge in [-0.05, 0) is 16.5 Å². The van der Waals surface area contributed by atoms with Crippen molar-refractivity contribution in [3.8, 4) is 0 Å². The second kappa shape index (κ2) is 6.83. The molecule has 0 bridgehead atoms. The van der Waals surface area contributed by atoms with Gasteiger partial charge in [0, 0.05) is 0 Å². The number of hydrogen-bond acceptors (Lipinski definition) is 6. The fraction of sp³-hybridized carbons (Fsp3) is 0.385. The van der Waals surface area contributed by atoms with Crippen LogP contribution in [0.1, 0.15) is 12.0 Å². The molecule has 3 unspecified atom stereocenters. The third kappa shape index (κ3) is 3.41. The fourth-order valence-corrected chi connectivity index (χ4v) is 2.63. The van der Waals surface area contributed by atoms with Crippen LogP contribution in [0.5, 0.6) is 0 Å². The molecule has 0 aliphatic carbocycles. The summed E-state index contributed by atoms with van der Waals surface area (Å²) in [6.45, 7) is 0.279. The van der Waals surface area contributed by atoms with Crippen LogP contribution in [0.3, 0.4) is 0 Å². The summed E-state index contributed by atoms with van der Waals surface area (Å²) in [5.41, 5.74) is 10.7. The number of carbonyl (C=O) groups excluding carboxylic acids is 2. The summed E-state index contributed by atoms with van der Waals surface area (Å²) in [4.78, 5) is 24.0. The van der Waals surface area contributed by atoms with Crippen molar-refractivity contribution in [2.24, 2.45) is 11.5 Å². The second-order valence-corrected chi connectivity index (χ2v) is 5.72. The van der Waals surface area contributed by atoms with Crippen LogP contribution in [0.25, 0.3) is 0 Å². The molecular weight excluding hydrogens is 307 g/mol. The highest BCUT2D eigenvalue weighted by atomic mass is 31.1. The first-order valence-electron chi connectivity index (χ1n) is 6.70. The molecule has 2 amide bonds. The SMILES string of the molecule is NC1CCN([PH+]=O)C(=O)C1(N)NC(=O)OCc1ccccc1. The van der Waals surface area contributed by atoms with Crippen molar-refractivity contribution >= 4 is 20.6 Å². The average Bonchev–Trinajstić information content (AvgIpc) is 2.52. The quantitative estimate of drug-likeness (QED) is 0.531. The molecule has 118 valence electrons. The van der Waals surface area contributed by atoms with Crippen molar-refractivity contribution in [3.63, 3.8) is 0 Å². The molecule has 8 nitrogen and oxygen atoms in total. The van der Waals surface area contributed by atoms with Gasteiger partial charge in [0.25, 0.3) is 0 Å². The van der Waals surface area contributed by atoms with Gasteiger partial charge in [-0.1, -0.05) is 30.3 Å². The number of hydrogen-bond donors (Lipinski definition) is 3. The highest BCUT2D eigenvalue weighted by Gasteiger charge is 2.50. The maximum atomic E-state index is 12.2. The number of amides is 2. The first-order chi connectivity index (χ1) is 10.5. The van der Waals surface area contributed by atoms with Gasteiger partial charge in [-0.2, -0.15) is 0 Å². The highest BCUT2D eigenvalue weighted by Crippen LogP contribution is 2.22. The molecule has 1 aliphatic rings. The zero-order valence-electron chi connectivity index (χ0n) is 11.8. The standard InChI is InChI=1S/C13H17N4O4P/c14-10-6-7-17(22-20)11(18)13(10,15)16-12(19)21-8-9-4-2-1-3-5-9/h1-5,10H,6-8,14-15H2,(H,16,19)/p+1. The smallest absolute Gasteiger partial charge is 0.445 e. The monoisotopic (exact) mass is 325 g/mol. The minimum atomic E-state index is -1.82. The number of nitrogens with zero attached hydrogens (tertiary/aromatic N) is 1. The summed E-state index contributed by atoms with van der Waals surface area (Å²) >= 11 is 0. The Kier molecular flexibility index (Phi) is 5.07. The molecule has 3 atom stereocenters. The number of rotatable bonds is 4. The van der Waals surface area contributed by atoms with Crippen LogP contribution in [0.2, 0.25) is 0 Å². The predicted octanol–water partition coefficient (Wildman–Crippen LogP) is 0.0664. The average molecular weight is 325 g/mol. The lowest BCUT2D eigenvalue weighted by Gasteiger charge is -2.38. The third-order valence-corrected chi connectivity index (χ3v) is 4.13. The van der Waals surface area contributed by atoms with Crippen molar-refractivity contribution < 1.29 is 18.9 Å². The molecule has 0 aromatic heterocycles. The molecule has 2 rings (SSSR count). The van der Waals surface area contributed by atoms with E-state index in [-0.39, 0.29) is 13.2 Å². The molecule has 9 heteroatoms. The van der Waals surface area contributed by atoms with E-state index in [0.717, 1.165) is 10.2 Å². The number of ether oxygens (including phenoxy) is 1. The molecule has 1 saturated heterocycles. The van der Waals surface area contributed by atoms with Crippen LogP contribution in [0, 0.1) is 0 Å². The molecule has 22 heavy (non-hydrogen) atoms. The molecule has 5 N–H and O–H groups in total. The Balaban J connectivity index is 1.99. The predicted molar refractivity (Wildman–Crippen MR) is 80.0 cm³/mol. The van der Waals surface area contributed by atoms with E-state index in [4.69, 9.17) is 16.2 Å². The minimum absolute atomic E-state index is 0.0409. The van der Waals surface area contributed by atoms with E-state index in [1.54, 1.807) is 12.1 Å². The Morgan fingerprint density at radius 3 is 2.77 bits per heavy atom. The third-order valence-electron chi connectivity index (χ3n) is 3.48. The van der Waals surface area contributed by atoms with E-state index < -0.39 is 32.3 Å². The molecule has 0 spiro atoms. The highest BCUT2D eigenvalue weighted by molar-refractivity contribution is 7.21. The Labute approximate surface area is 129 Å². The van der Waals surface area contributed by atoms with Crippen LogP contribution < -0.4 is 16.8 Å². The molecule has 1 aliphatic heterocycles. The van der Waals surface area contributed by atoms with Gasteiger partial charge in [0.05, 0.1) is 12.6 Å². The van der Waals surface area contributed by atoms with E-state index in [9.17, 15) is 14.2 Å². The number of alkyl carbamates (subject to hydrolysis) is 1. The summed E-state index contributed by atoms with van der Waals surface area (Å²) in [6, 6.07) is 8.28. The summed E-state index contributed by atoms with van der Waals surface area (Å²) in [7, 11) is -0.975. The fourth-order valence-electron chi connectivity index (χ4n) is 2.14. The normalized spacial score (nSPS) is 25.1. The van der Waals surface area contributed by atoms with Gasteiger partial charge in [0.15, 0.2) is 5.66 Å².